The zero-order valence-electron chi connectivity index (χ0n) is 17.5. The Labute approximate surface area is 192 Å². The first-order valence-corrected chi connectivity index (χ1v) is 10.3. The smallest absolute Gasteiger partial charge is 0.283 e. The molecule has 2 atom stereocenters. The van der Waals surface area contributed by atoms with E-state index in [-0.39, 0.29) is 29.9 Å². The summed E-state index contributed by atoms with van der Waals surface area (Å²) in [6, 6.07) is 6.31. The first kappa shape index (κ1) is 22.8. The van der Waals surface area contributed by atoms with Crippen molar-refractivity contribution in [2.45, 2.75) is 25.5 Å². The summed E-state index contributed by atoms with van der Waals surface area (Å²) in [6.07, 6.45) is -0.588. The predicted octanol–water partition coefficient (Wildman–Crippen LogP) is 2.26. The molecule has 0 aliphatic carbocycles. The summed E-state index contributed by atoms with van der Waals surface area (Å²) in [4.78, 5) is 8.98. The molecule has 1 aliphatic rings. The Morgan fingerprint density at radius 1 is 1.45 bits per heavy atom. The van der Waals surface area contributed by atoms with Crippen molar-refractivity contribution in [2.75, 3.05) is 18.5 Å². The Bertz CT molecular complexity index is 1400. The number of benzene rings is 1. The summed E-state index contributed by atoms with van der Waals surface area (Å²) < 4.78 is 33.6. The van der Waals surface area contributed by atoms with Gasteiger partial charge in [-0.05, 0) is 36.9 Å². The molecule has 2 aromatic heterocycles. The lowest BCUT2D eigenvalue weighted by Crippen LogP contribution is -2.39. The van der Waals surface area contributed by atoms with E-state index in [1.54, 1.807) is 37.3 Å². The van der Waals surface area contributed by atoms with E-state index in [0.29, 0.717) is 27.2 Å². The van der Waals surface area contributed by atoms with Crippen molar-refractivity contribution in [1.29, 1.82) is 5.26 Å². The van der Waals surface area contributed by atoms with Gasteiger partial charge in [0.2, 0.25) is 0 Å². The van der Waals surface area contributed by atoms with E-state index < -0.39 is 24.3 Å². The maximum absolute atomic E-state index is 13.6. The molecule has 0 radical (unpaired) electrons. The number of aromatic nitrogens is 3. The van der Waals surface area contributed by atoms with Crippen molar-refractivity contribution >= 4 is 29.0 Å². The number of alkyl halides is 2. The molecular weight excluding hydrogens is 454 g/mol. The molecular formula is C22H19ClF2N6O2. The number of hydrogen-bond acceptors (Lipinski definition) is 7. The van der Waals surface area contributed by atoms with Crippen molar-refractivity contribution in [3.8, 4) is 6.07 Å². The van der Waals surface area contributed by atoms with Gasteiger partial charge in [-0.3, -0.25) is 4.99 Å². The van der Waals surface area contributed by atoms with Gasteiger partial charge in [-0.2, -0.15) is 14.9 Å². The van der Waals surface area contributed by atoms with E-state index in [1.807, 2.05) is 0 Å². The van der Waals surface area contributed by atoms with Crippen LogP contribution in [0.5, 0.6) is 0 Å². The Morgan fingerprint density at radius 2 is 2.24 bits per heavy atom. The highest BCUT2D eigenvalue weighted by atomic mass is 35.5. The average molecular weight is 473 g/mol. The van der Waals surface area contributed by atoms with Gasteiger partial charge in [0.15, 0.2) is 11.1 Å². The quantitative estimate of drug-likeness (QED) is 0.590. The molecule has 2 unspecified atom stereocenters. The SMILES string of the molecule is C=CNc1cc(Cl)ccc1/C=c1\c(C)nc2c(C#N)c(C(F)F)nn2c1=NC1COCC1O. The van der Waals surface area contributed by atoms with Crippen molar-refractivity contribution in [1.82, 2.24) is 14.6 Å². The topological polar surface area (TPSA) is 108 Å². The van der Waals surface area contributed by atoms with Crippen LogP contribution in [0.2, 0.25) is 5.02 Å². The third-order valence-electron chi connectivity index (χ3n) is 5.19. The molecule has 2 N–H and O–H groups in total. The number of fused-ring (bicyclic) bond motifs is 1. The molecule has 11 heteroatoms. The van der Waals surface area contributed by atoms with Gasteiger partial charge in [0, 0.05) is 15.9 Å². The predicted molar refractivity (Wildman–Crippen MR) is 118 cm³/mol. The molecule has 0 spiro atoms. The molecule has 0 bridgehead atoms. The minimum Gasteiger partial charge on any atom is -0.388 e. The lowest BCUT2D eigenvalue weighted by atomic mass is 10.1. The largest absolute Gasteiger partial charge is 0.388 e. The van der Waals surface area contributed by atoms with E-state index >= 15 is 0 Å². The highest BCUT2D eigenvalue weighted by Gasteiger charge is 2.27. The van der Waals surface area contributed by atoms with Crippen LogP contribution in [0.1, 0.15) is 28.9 Å². The van der Waals surface area contributed by atoms with E-state index in [9.17, 15) is 19.1 Å². The molecule has 170 valence electrons. The summed E-state index contributed by atoms with van der Waals surface area (Å²) in [6.45, 7) is 5.61. The van der Waals surface area contributed by atoms with Gasteiger partial charge >= 0.3 is 0 Å². The van der Waals surface area contributed by atoms with Gasteiger partial charge in [0.25, 0.3) is 6.43 Å². The Kier molecular flexibility index (Phi) is 6.37. The molecule has 1 aromatic carbocycles. The number of aliphatic hydroxyl groups excluding tert-OH is 1. The van der Waals surface area contributed by atoms with E-state index in [1.165, 1.54) is 6.20 Å². The number of anilines is 1. The molecule has 8 nitrogen and oxygen atoms in total. The fraction of sp³-hybridized carbons (Fsp3) is 0.273. The van der Waals surface area contributed by atoms with Crippen molar-refractivity contribution in [2.24, 2.45) is 4.99 Å². The summed E-state index contributed by atoms with van der Waals surface area (Å²) in [5, 5.41) is 27.7. The molecule has 0 amide bonds. The van der Waals surface area contributed by atoms with Gasteiger partial charge in [-0.1, -0.05) is 24.2 Å². The standard InChI is InChI=1S/C22H19ClF2N6O2/c1-3-27-16-7-13(23)5-4-12(16)6-14-11(2)28-22-15(8-26)19(20(24)25)30-31(22)21(14)29-17-9-33-10-18(17)32/h3-7,17-18,20,27,32H,1,9-10H2,2H3/b14-6+,29-21?. The normalized spacial score (nSPS) is 19.4. The van der Waals surface area contributed by atoms with E-state index in [4.69, 9.17) is 16.3 Å². The third-order valence-corrected chi connectivity index (χ3v) is 5.43. The number of ether oxygens (including phenoxy) is 1. The zero-order chi connectivity index (χ0) is 23.7. The monoisotopic (exact) mass is 472 g/mol. The Balaban J connectivity index is 2.11. The summed E-state index contributed by atoms with van der Waals surface area (Å²) in [5.74, 6) is 0. The fourth-order valence-electron chi connectivity index (χ4n) is 3.58. The summed E-state index contributed by atoms with van der Waals surface area (Å²) in [7, 11) is 0. The molecule has 0 saturated carbocycles. The Morgan fingerprint density at radius 3 is 2.88 bits per heavy atom. The second kappa shape index (κ2) is 9.23. The Hall–Kier alpha value is -3.39. The van der Waals surface area contributed by atoms with Crippen LogP contribution >= 0.6 is 11.6 Å². The minimum atomic E-state index is -2.97. The molecule has 33 heavy (non-hydrogen) atoms. The number of aryl methyl sites for hydroxylation is 1. The number of hydrogen-bond donors (Lipinski definition) is 2. The number of rotatable bonds is 5. The zero-order valence-corrected chi connectivity index (χ0v) is 18.2. The minimum absolute atomic E-state index is 0.0323. The maximum atomic E-state index is 13.6. The second-order valence-electron chi connectivity index (χ2n) is 7.37. The van der Waals surface area contributed by atoms with Gasteiger partial charge in [0.1, 0.15) is 29.5 Å². The van der Waals surface area contributed by atoms with E-state index in [0.717, 1.165) is 4.52 Å². The maximum Gasteiger partial charge on any atom is 0.283 e. The van der Waals surface area contributed by atoms with Crippen LogP contribution in [-0.2, 0) is 4.74 Å². The lowest BCUT2D eigenvalue weighted by molar-refractivity contribution is 0.124. The van der Waals surface area contributed by atoms with Crippen LogP contribution in [0.15, 0.2) is 36.0 Å². The highest BCUT2D eigenvalue weighted by Crippen LogP contribution is 2.24. The number of nitriles is 1. The summed E-state index contributed by atoms with van der Waals surface area (Å²) >= 11 is 6.11. The van der Waals surface area contributed by atoms with Gasteiger partial charge in [0.05, 0.1) is 18.9 Å². The van der Waals surface area contributed by atoms with Crippen LogP contribution in [0, 0.1) is 18.3 Å². The van der Waals surface area contributed by atoms with Gasteiger partial charge in [-0.25, -0.2) is 13.8 Å². The molecule has 3 aromatic rings. The number of nitrogens with one attached hydrogen (secondary N) is 1. The third kappa shape index (κ3) is 4.30. The molecule has 1 saturated heterocycles. The lowest BCUT2D eigenvalue weighted by Gasteiger charge is -2.09. The first-order chi connectivity index (χ1) is 15.8. The van der Waals surface area contributed by atoms with Crippen LogP contribution in [0.4, 0.5) is 14.5 Å². The van der Waals surface area contributed by atoms with Crippen LogP contribution < -0.4 is 16.0 Å². The van der Waals surface area contributed by atoms with Crippen LogP contribution in [0.3, 0.4) is 0 Å². The number of aliphatic hydroxyl groups is 1. The van der Waals surface area contributed by atoms with Crippen LogP contribution in [0.25, 0.3) is 11.7 Å². The fourth-order valence-corrected chi connectivity index (χ4v) is 3.75. The molecule has 4 rings (SSSR count). The summed E-state index contributed by atoms with van der Waals surface area (Å²) in [5.41, 5.74) is 0.932. The molecule has 1 fully saturated rings. The number of nitrogens with zero attached hydrogens (tertiary/aromatic N) is 5. The van der Waals surface area contributed by atoms with E-state index in [2.05, 4.69) is 27.0 Å². The first-order valence-electron chi connectivity index (χ1n) is 9.94. The van der Waals surface area contributed by atoms with Gasteiger partial charge in [-0.15, -0.1) is 0 Å². The number of halogens is 3. The van der Waals surface area contributed by atoms with Gasteiger partial charge < -0.3 is 15.2 Å². The molecule has 1 aliphatic heterocycles. The van der Waals surface area contributed by atoms with Crippen LogP contribution in [-0.4, -0.2) is 45.1 Å². The average Bonchev–Trinajstić information content (AvgIpc) is 3.35. The highest BCUT2D eigenvalue weighted by molar-refractivity contribution is 6.30. The second-order valence-corrected chi connectivity index (χ2v) is 7.80. The molecule has 3 heterocycles. The van der Waals surface area contributed by atoms with Crippen molar-refractivity contribution < 1.29 is 18.6 Å². The van der Waals surface area contributed by atoms with Crippen molar-refractivity contribution in [3.63, 3.8) is 0 Å². The van der Waals surface area contributed by atoms with Crippen molar-refractivity contribution in [3.05, 3.63) is 69.2 Å².